The molecular formula is C18H17NO5. The predicted octanol–water partition coefficient (Wildman–Crippen LogP) is 2.06. The van der Waals surface area contributed by atoms with Crippen LogP contribution in [0, 0.1) is 0 Å². The molecule has 0 spiro atoms. The van der Waals surface area contributed by atoms with Crippen LogP contribution in [0.25, 0.3) is 0 Å². The zero-order valence-corrected chi connectivity index (χ0v) is 12.9. The van der Waals surface area contributed by atoms with Crippen LogP contribution in [0.1, 0.15) is 44.7 Å². The molecule has 0 saturated heterocycles. The second-order valence-corrected chi connectivity index (χ2v) is 5.60. The highest BCUT2D eigenvalue weighted by Gasteiger charge is 2.35. The smallest absolute Gasteiger partial charge is 0.200 e. The van der Waals surface area contributed by atoms with E-state index < -0.39 is 11.6 Å². The summed E-state index contributed by atoms with van der Waals surface area (Å²) in [7, 11) is 0. The number of hydrogen-bond donors (Lipinski definition) is 4. The van der Waals surface area contributed by atoms with Gasteiger partial charge in [-0.25, -0.2) is 0 Å². The molecule has 1 aliphatic rings. The van der Waals surface area contributed by atoms with E-state index in [0.29, 0.717) is 25.1 Å². The number of carbonyl (C=O) groups excluding carboxylic acids is 2. The first-order valence-electron chi connectivity index (χ1n) is 7.68. The molecular weight excluding hydrogens is 310 g/mol. The summed E-state index contributed by atoms with van der Waals surface area (Å²) in [5.74, 6) is -1.52. The fourth-order valence-corrected chi connectivity index (χ4v) is 2.89. The number of aliphatic hydroxyl groups is 1. The molecule has 0 atom stereocenters. The molecule has 0 radical (unpaired) electrons. The van der Waals surface area contributed by atoms with Crippen LogP contribution < -0.4 is 5.32 Å². The van der Waals surface area contributed by atoms with Crippen molar-refractivity contribution in [2.75, 3.05) is 18.5 Å². The Morgan fingerprint density at radius 3 is 2.33 bits per heavy atom. The molecule has 6 nitrogen and oxygen atoms in total. The van der Waals surface area contributed by atoms with Crippen molar-refractivity contribution < 1.29 is 24.9 Å². The summed E-state index contributed by atoms with van der Waals surface area (Å²) < 4.78 is 0. The summed E-state index contributed by atoms with van der Waals surface area (Å²) in [6.07, 6.45) is 1.31. The summed E-state index contributed by atoms with van der Waals surface area (Å²) in [6.45, 7) is 0.584. The normalized spacial score (nSPS) is 12.7. The minimum atomic E-state index is -0.502. The van der Waals surface area contributed by atoms with Crippen LogP contribution in [-0.4, -0.2) is 40.0 Å². The number of anilines is 1. The van der Waals surface area contributed by atoms with E-state index in [1.165, 1.54) is 30.3 Å². The van der Waals surface area contributed by atoms with Crippen molar-refractivity contribution in [1.82, 2.24) is 0 Å². The summed E-state index contributed by atoms with van der Waals surface area (Å²) in [5.41, 5.74) is 0.482. The SMILES string of the molecule is O=C1c2cccc(O)c2C(=O)c2c(NCCCCO)ccc(O)c21. The fourth-order valence-electron chi connectivity index (χ4n) is 2.89. The second kappa shape index (κ2) is 6.33. The van der Waals surface area contributed by atoms with Crippen molar-refractivity contribution in [2.24, 2.45) is 0 Å². The van der Waals surface area contributed by atoms with E-state index in [9.17, 15) is 19.8 Å². The maximum absolute atomic E-state index is 12.8. The number of rotatable bonds is 5. The molecule has 2 aromatic rings. The number of phenolic OH excluding ortho intramolecular Hbond substituents is 2. The Morgan fingerprint density at radius 2 is 1.58 bits per heavy atom. The molecule has 0 bridgehead atoms. The lowest BCUT2D eigenvalue weighted by molar-refractivity contribution is 0.0975. The van der Waals surface area contributed by atoms with Crippen LogP contribution >= 0.6 is 0 Å². The zero-order valence-electron chi connectivity index (χ0n) is 12.9. The van der Waals surface area contributed by atoms with Crippen LogP contribution in [0.15, 0.2) is 30.3 Å². The van der Waals surface area contributed by atoms with Crippen molar-refractivity contribution in [1.29, 1.82) is 0 Å². The third-order valence-corrected chi connectivity index (χ3v) is 4.05. The Morgan fingerprint density at radius 1 is 0.833 bits per heavy atom. The minimum absolute atomic E-state index is 0.0426. The van der Waals surface area contributed by atoms with Gasteiger partial charge in [0.1, 0.15) is 11.5 Å². The highest BCUT2D eigenvalue weighted by Crippen LogP contribution is 2.39. The van der Waals surface area contributed by atoms with Crippen molar-refractivity contribution in [3.05, 3.63) is 52.6 Å². The molecule has 0 aliphatic heterocycles. The third-order valence-electron chi connectivity index (χ3n) is 4.05. The standard InChI is InChI=1S/C18H17NO5/c20-9-2-1-8-19-11-6-7-13(22)16-15(11)18(24)14-10(17(16)23)4-3-5-12(14)21/h3-7,19-22H,1-2,8-9H2. The maximum Gasteiger partial charge on any atom is 0.200 e. The largest absolute Gasteiger partial charge is 0.507 e. The van der Waals surface area contributed by atoms with E-state index >= 15 is 0 Å². The van der Waals surface area contributed by atoms with E-state index in [-0.39, 0.29) is 40.4 Å². The van der Waals surface area contributed by atoms with Crippen molar-refractivity contribution in [3.8, 4) is 11.5 Å². The highest BCUT2D eigenvalue weighted by molar-refractivity contribution is 6.31. The molecule has 0 unspecified atom stereocenters. The van der Waals surface area contributed by atoms with Crippen LogP contribution in [0.2, 0.25) is 0 Å². The van der Waals surface area contributed by atoms with Gasteiger partial charge in [0.25, 0.3) is 0 Å². The summed E-state index contributed by atoms with van der Waals surface area (Å²) >= 11 is 0. The van der Waals surface area contributed by atoms with Gasteiger partial charge in [0, 0.05) is 24.4 Å². The van der Waals surface area contributed by atoms with Gasteiger partial charge in [0.05, 0.1) is 16.7 Å². The lowest BCUT2D eigenvalue weighted by Crippen LogP contribution is -2.23. The van der Waals surface area contributed by atoms with Gasteiger partial charge in [0.15, 0.2) is 11.6 Å². The molecule has 0 heterocycles. The van der Waals surface area contributed by atoms with E-state index in [1.807, 2.05) is 0 Å². The molecule has 4 N–H and O–H groups in total. The Labute approximate surface area is 138 Å². The lowest BCUT2D eigenvalue weighted by Gasteiger charge is -2.22. The Balaban J connectivity index is 2.09. The van der Waals surface area contributed by atoms with E-state index in [4.69, 9.17) is 5.11 Å². The molecule has 0 saturated carbocycles. The predicted molar refractivity (Wildman–Crippen MR) is 87.9 cm³/mol. The molecule has 6 heteroatoms. The van der Waals surface area contributed by atoms with E-state index in [2.05, 4.69) is 5.32 Å². The molecule has 0 aromatic heterocycles. The van der Waals surface area contributed by atoms with Gasteiger partial charge in [-0.1, -0.05) is 12.1 Å². The zero-order chi connectivity index (χ0) is 17.3. The Kier molecular flexibility index (Phi) is 4.22. The van der Waals surface area contributed by atoms with Gasteiger partial charge >= 0.3 is 0 Å². The summed E-state index contributed by atoms with van der Waals surface area (Å²) in [6, 6.07) is 7.19. The van der Waals surface area contributed by atoms with Gasteiger partial charge in [-0.15, -0.1) is 0 Å². The first-order valence-corrected chi connectivity index (χ1v) is 7.68. The molecule has 124 valence electrons. The maximum atomic E-state index is 12.8. The third kappa shape index (κ3) is 2.51. The first kappa shape index (κ1) is 16.0. The highest BCUT2D eigenvalue weighted by atomic mass is 16.3. The quantitative estimate of drug-likeness (QED) is 0.422. The number of unbranched alkanes of at least 4 members (excludes halogenated alkanes) is 1. The molecule has 1 aliphatic carbocycles. The number of nitrogens with one attached hydrogen (secondary N) is 1. The van der Waals surface area contributed by atoms with E-state index in [0.717, 1.165) is 0 Å². The number of benzene rings is 2. The van der Waals surface area contributed by atoms with Crippen molar-refractivity contribution >= 4 is 17.3 Å². The van der Waals surface area contributed by atoms with Crippen molar-refractivity contribution in [3.63, 3.8) is 0 Å². The fraction of sp³-hybridized carbons (Fsp3) is 0.222. The number of hydrogen-bond acceptors (Lipinski definition) is 6. The molecule has 0 fully saturated rings. The molecule has 0 amide bonds. The van der Waals surface area contributed by atoms with Gasteiger partial charge < -0.3 is 20.6 Å². The number of aromatic hydroxyl groups is 2. The summed E-state index contributed by atoms with van der Waals surface area (Å²) in [4.78, 5) is 25.5. The number of aliphatic hydroxyl groups excluding tert-OH is 1. The summed E-state index contributed by atoms with van der Waals surface area (Å²) in [5, 5.41) is 31.9. The topological polar surface area (TPSA) is 107 Å². The monoisotopic (exact) mass is 327 g/mol. The van der Waals surface area contributed by atoms with Gasteiger partial charge in [-0.2, -0.15) is 0 Å². The average Bonchev–Trinajstić information content (AvgIpc) is 2.57. The van der Waals surface area contributed by atoms with Gasteiger partial charge in [0.2, 0.25) is 0 Å². The van der Waals surface area contributed by atoms with Gasteiger partial charge in [-0.05, 0) is 31.0 Å². The number of ketones is 2. The average molecular weight is 327 g/mol. The minimum Gasteiger partial charge on any atom is -0.507 e. The molecule has 24 heavy (non-hydrogen) atoms. The first-order chi connectivity index (χ1) is 11.6. The molecule has 3 rings (SSSR count). The second-order valence-electron chi connectivity index (χ2n) is 5.60. The number of fused-ring (bicyclic) bond motifs is 2. The van der Waals surface area contributed by atoms with Crippen molar-refractivity contribution in [2.45, 2.75) is 12.8 Å². The lowest BCUT2D eigenvalue weighted by atomic mass is 9.82. The van der Waals surface area contributed by atoms with E-state index in [1.54, 1.807) is 0 Å². The van der Waals surface area contributed by atoms with Gasteiger partial charge in [-0.3, -0.25) is 9.59 Å². The number of phenols is 2. The Hall–Kier alpha value is -2.86. The van der Waals surface area contributed by atoms with Crippen LogP contribution in [0.3, 0.4) is 0 Å². The number of carbonyl (C=O) groups is 2. The van der Waals surface area contributed by atoms with Crippen LogP contribution in [-0.2, 0) is 0 Å². The van der Waals surface area contributed by atoms with Crippen LogP contribution in [0.5, 0.6) is 11.5 Å². The molecule has 2 aromatic carbocycles. The van der Waals surface area contributed by atoms with Crippen LogP contribution in [0.4, 0.5) is 5.69 Å². The Bertz CT molecular complexity index is 828.